The first-order valence-corrected chi connectivity index (χ1v) is 7.18. The molecule has 0 saturated heterocycles. The summed E-state index contributed by atoms with van der Waals surface area (Å²) in [6.45, 7) is 1.03. The van der Waals surface area contributed by atoms with E-state index in [9.17, 15) is 4.79 Å². The van der Waals surface area contributed by atoms with E-state index in [2.05, 4.69) is 10.3 Å². The SMILES string of the molecule is CSC(=Nc1ccc2c(c1)C(=O)N(C)CCO2)NC#N. The number of amidine groups is 1. The molecular formula is C13H14N4O2S. The van der Waals surface area contributed by atoms with Crippen LogP contribution in [0.15, 0.2) is 23.2 Å². The summed E-state index contributed by atoms with van der Waals surface area (Å²) in [5.41, 5.74) is 1.09. The first-order valence-electron chi connectivity index (χ1n) is 5.96. The molecular weight excluding hydrogens is 276 g/mol. The highest BCUT2D eigenvalue weighted by molar-refractivity contribution is 8.13. The molecule has 0 aliphatic carbocycles. The predicted molar refractivity (Wildman–Crippen MR) is 78.3 cm³/mol. The molecule has 1 amide bonds. The van der Waals surface area contributed by atoms with Gasteiger partial charge in [-0.3, -0.25) is 10.1 Å². The van der Waals surface area contributed by atoms with Crippen molar-refractivity contribution in [2.24, 2.45) is 4.99 Å². The van der Waals surface area contributed by atoms with Crippen LogP contribution in [0, 0.1) is 11.5 Å². The maximum absolute atomic E-state index is 12.2. The lowest BCUT2D eigenvalue weighted by molar-refractivity contribution is 0.0797. The third-order valence-electron chi connectivity index (χ3n) is 2.81. The van der Waals surface area contributed by atoms with Gasteiger partial charge in [-0.2, -0.15) is 5.26 Å². The highest BCUT2D eigenvalue weighted by atomic mass is 32.2. The standard InChI is InChI=1S/C13H14N4O2S/c1-17-5-6-19-11-4-3-9(7-10(11)12(17)18)16-13(20-2)15-8-14/h3-4,7H,5-6H2,1-2H3,(H,15,16). The molecule has 1 N–H and O–H groups in total. The van der Waals surface area contributed by atoms with Gasteiger partial charge in [0.05, 0.1) is 17.8 Å². The first-order chi connectivity index (χ1) is 9.65. The van der Waals surface area contributed by atoms with E-state index in [4.69, 9.17) is 10.00 Å². The minimum Gasteiger partial charge on any atom is -0.491 e. The van der Waals surface area contributed by atoms with Crippen molar-refractivity contribution >= 4 is 28.5 Å². The third-order valence-corrected chi connectivity index (χ3v) is 3.39. The molecule has 2 rings (SSSR count). The Morgan fingerprint density at radius 2 is 2.40 bits per heavy atom. The number of likely N-dealkylation sites (N-methyl/N-ethyl adjacent to an activating group) is 1. The van der Waals surface area contributed by atoms with Crippen LogP contribution in [-0.4, -0.2) is 42.4 Å². The van der Waals surface area contributed by atoms with Crippen LogP contribution >= 0.6 is 11.8 Å². The Bertz CT molecular complexity index is 595. The van der Waals surface area contributed by atoms with Gasteiger partial charge in [-0.15, -0.1) is 0 Å². The Hall–Kier alpha value is -2.20. The summed E-state index contributed by atoms with van der Waals surface area (Å²) >= 11 is 1.32. The number of carbonyl (C=O) groups excluding carboxylic acids is 1. The molecule has 1 aliphatic heterocycles. The van der Waals surface area contributed by atoms with Gasteiger partial charge in [-0.25, -0.2) is 4.99 Å². The topological polar surface area (TPSA) is 77.7 Å². The number of nitrogens with zero attached hydrogens (tertiary/aromatic N) is 3. The number of ether oxygens (including phenoxy) is 1. The monoisotopic (exact) mass is 290 g/mol. The van der Waals surface area contributed by atoms with Crippen LogP contribution in [0.2, 0.25) is 0 Å². The zero-order valence-electron chi connectivity index (χ0n) is 11.2. The lowest BCUT2D eigenvalue weighted by Crippen LogP contribution is -2.27. The summed E-state index contributed by atoms with van der Waals surface area (Å²) in [7, 11) is 1.74. The third kappa shape index (κ3) is 3.03. The van der Waals surface area contributed by atoms with E-state index in [1.165, 1.54) is 11.8 Å². The Morgan fingerprint density at radius 1 is 1.60 bits per heavy atom. The molecule has 1 heterocycles. The van der Waals surface area contributed by atoms with E-state index in [1.54, 1.807) is 30.1 Å². The zero-order chi connectivity index (χ0) is 14.5. The van der Waals surface area contributed by atoms with Crippen molar-refractivity contribution in [3.63, 3.8) is 0 Å². The van der Waals surface area contributed by atoms with E-state index in [0.717, 1.165) is 0 Å². The summed E-state index contributed by atoms with van der Waals surface area (Å²) in [4.78, 5) is 18.1. The maximum Gasteiger partial charge on any atom is 0.257 e. The highest BCUT2D eigenvalue weighted by Crippen LogP contribution is 2.27. The molecule has 1 aromatic rings. The van der Waals surface area contributed by atoms with Crippen molar-refractivity contribution in [3.05, 3.63) is 23.8 Å². The number of nitrogens with one attached hydrogen (secondary N) is 1. The first kappa shape index (κ1) is 14.2. The molecule has 0 bridgehead atoms. The average Bonchev–Trinajstić information content (AvgIpc) is 2.59. The van der Waals surface area contributed by atoms with Gasteiger partial charge >= 0.3 is 0 Å². The fraction of sp³-hybridized carbons (Fsp3) is 0.308. The fourth-order valence-corrected chi connectivity index (χ4v) is 2.11. The molecule has 0 fully saturated rings. The largest absolute Gasteiger partial charge is 0.491 e. The molecule has 0 spiro atoms. The van der Waals surface area contributed by atoms with Crippen molar-refractivity contribution in [2.75, 3.05) is 26.5 Å². The number of carbonyl (C=O) groups is 1. The van der Waals surface area contributed by atoms with Gasteiger partial charge in [0.2, 0.25) is 0 Å². The van der Waals surface area contributed by atoms with E-state index in [-0.39, 0.29) is 5.91 Å². The zero-order valence-corrected chi connectivity index (χ0v) is 12.0. The number of nitriles is 1. The quantitative estimate of drug-likeness (QED) is 0.368. The maximum atomic E-state index is 12.2. The van der Waals surface area contributed by atoms with Crippen molar-refractivity contribution in [2.45, 2.75) is 0 Å². The molecule has 0 radical (unpaired) electrons. The molecule has 20 heavy (non-hydrogen) atoms. The summed E-state index contributed by atoms with van der Waals surface area (Å²) in [5.74, 6) is 0.478. The number of fused-ring (bicyclic) bond motifs is 1. The van der Waals surface area contributed by atoms with E-state index < -0.39 is 0 Å². The lowest BCUT2D eigenvalue weighted by Gasteiger charge is -2.12. The molecule has 0 aromatic heterocycles. The second kappa shape index (κ2) is 6.30. The van der Waals surface area contributed by atoms with Gasteiger partial charge in [-0.1, -0.05) is 11.8 Å². The second-order valence-electron chi connectivity index (χ2n) is 4.11. The summed E-state index contributed by atoms with van der Waals surface area (Å²) in [6.07, 6.45) is 3.64. The average molecular weight is 290 g/mol. The van der Waals surface area contributed by atoms with Crippen molar-refractivity contribution in [1.29, 1.82) is 5.26 Å². The molecule has 0 unspecified atom stereocenters. The van der Waals surface area contributed by atoms with Gasteiger partial charge in [0.1, 0.15) is 12.4 Å². The number of amides is 1. The van der Waals surface area contributed by atoms with Crippen molar-refractivity contribution in [1.82, 2.24) is 10.2 Å². The Morgan fingerprint density at radius 3 is 3.10 bits per heavy atom. The van der Waals surface area contributed by atoms with Gasteiger partial charge in [0.15, 0.2) is 11.4 Å². The summed E-state index contributed by atoms with van der Waals surface area (Å²) in [6, 6.07) is 5.16. The molecule has 1 aliphatic rings. The van der Waals surface area contributed by atoms with Gasteiger partial charge in [0, 0.05) is 7.05 Å². The molecule has 0 atom stereocenters. The van der Waals surface area contributed by atoms with Crippen LogP contribution in [0.25, 0.3) is 0 Å². The van der Waals surface area contributed by atoms with Crippen molar-refractivity contribution in [3.8, 4) is 11.9 Å². The van der Waals surface area contributed by atoms with Crippen LogP contribution in [0.4, 0.5) is 5.69 Å². The van der Waals surface area contributed by atoms with Crippen LogP contribution in [0.1, 0.15) is 10.4 Å². The van der Waals surface area contributed by atoms with E-state index in [1.807, 2.05) is 12.4 Å². The van der Waals surface area contributed by atoms with Crippen LogP contribution in [0.3, 0.4) is 0 Å². The van der Waals surface area contributed by atoms with E-state index in [0.29, 0.717) is 35.3 Å². The Labute approximate surface area is 121 Å². The highest BCUT2D eigenvalue weighted by Gasteiger charge is 2.21. The van der Waals surface area contributed by atoms with Crippen molar-refractivity contribution < 1.29 is 9.53 Å². The molecule has 0 saturated carbocycles. The van der Waals surface area contributed by atoms with Crippen LogP contribution < -0.4 is 10.1 Å². The van der Waals surface area contributed by atoms with Gasteiger partial charge in [0.25, 0.3) is 5.91 Å². The molecule has 7 heteroatoms. The smallest absolute Gasteiger partial charge is 0.257 e. The van der Waals surface area contributed by atoms with Gasteiger partial charge < -0.3 is 9.64 Å². The molecule has 6 nitrogen and oxygen atoms in total. The number of hydrogen-bond acceptors (Lipinski definition) is 5. The lowest BCUT2D eigenvalue weighted by atomic mass is 10.1. The number of thioether (sulfide) groups is 1. The number of hydrogen-bond donors (Lipinski definition) is 1. The second-order valence-corrected chi connectivity index (χ2v) is 4.91. The number of benzene rings is 1. The van der Waals surface area contributed by atoms with Crippen LogP contribution in [0.5, 0.6) is 5.75 Å². The summed E-state index contributed by atoms with van der Waals surface area (Å²) < 4.78 is 5.54. The minimum atomic E-state index is -0.0894. The fourth-order valence-electron chi connectivity index (χ4n) is 1.77. The minimum absolute atomic E-state index is 0.0894. The van der Waals surface area contributed by atoms with E-state index >= 15 is 0 Å². The Kier molecular flexibility index (Phi) is 4.48. The van der Waals surface area contributed by atoms with Gasteiger partial charge in [-0.05, 0) is 24.5 Å². The Balaban J connectivity index is 2.38. The predicted octanol–water partition coefficient (Wildman–Crippen LogP) is 1.57. The molecule has 104 valence electrons. The van der Waals surface area contributed by atoms with Crippen LogP contribution in [-0.2, 0) is 0 Å². The number of rotatable bonds is 1. The normalized spacial score (nSPS) is 14.9. The summed E-state index contributed by atoms with van der Waals surface area (Å²) in [5, 5.41) is 11.6. The molecule has 1 aromatic carbocycles. The number of aliphatic imine (C=N–C) groups is 1.